The van der Waals surface area contributed by atoms with Gasteiger partial charge in [-0.3, -0.25) is 14.4 Å². The first-order chi connectivity index (χ1) is 21.2. The summed E-state index contributed by atoms with van der Waals surface area (Å²) in [5.41, 5.74) is 3.44. The smallest absolute Gasteiger partial charge is 0.377 e. The second-order valence-corrected chi connectivity index (χ2v) is 11.4. The van der Waals surface area contributed by atoms with E-state index in [2.05, 4.69) is 5.32 Å². The van der Waals surface area contributed by atoms with Crippen LogP contribution < -0.4 is 15.8 Å². The number of halogens is 5. The first kappa shape index (κ1) is 32.3. The van der Waals surface area contributed by atoms with Crippen molar-refractivity contribution in [3.8, 4) is 11.1 Å². The number of anilines is 1. The molecule has 1 saturated heterocycles. The molecule has 3 heterocycles. The SMILES string of the molecule is CC(=O)[C@H](Cc1ccc(-c2c(C)cc(C)n(C)c2=O)c2c1COC2)NC(=O)c1c(F)cc(N2CCOC[C@@H]2C(F)(F)F)cc1F. The van der Waals surface area contributed by atoms with E-state index < -0.39 is 53.8 Å². The molecule has 45 heavy (non-hydrogen) atoms. The summed E-state index contributed by atoms with van der Waals surface area (Å²) >= 11 is 0. The highest BCUT2D eigenvalue weighted by Crippen LogP contribution is 2.35. The van der Waals surface area contributed by atoms with Gasteiger partial charge in [0.15, 0.2) is 5.78 Å². The topological polar surface area (TPSA) is 89.9 Å². The summed E-state index contributed by atoms with van der Waals surface area (Å²) in [6.07, 6.45) is -4.74. The lowest BCUT2D eigenvalue weighted by atomic mass is 9.89. The van der Waals surface area contributed by atoms with Crippen molar-refractivity contribution in [3.05, 3.63) is 85.8 Å². The molecule has 1 fully saturated rings. The van der Waals surface area contributed by atoms with E-state index in [4.69, 9.17) is 9.47 Å². The fraction of sp³-hybridized carbons (Fsp3) is 0.406. The highest BCUT2D eigenvalue weighted by atomic mass is 19.4. The normalized spacial score (nSPS) is 17.3. The molecule has 5 rings (SSSR count). The number of nitrogens with zero attached hydrogens (tertiary/aromatic N) is 2. The molecule has 3 aromatic rings. The number of ether oxygens (including phenoxy) is 2. The second-order valence-electron chi connectivity index (χ2n) is 11.4. The van der Waals surface area contributed by atoms with Gasteiger partial charge in [-0.1, -0.05) is 12.1 Å². The van der Waals surface area contributed by atoms with Crippen LogP contribution >= 0.6 is 0 Å². The summed E-state index contributed by atoms with van der Waals surface area (Å²) in [6, 6.07) is 3.46. The van der Waals surface area contributed by atoms with Crippen LogP contribution in [0.5, 0.6) is 0 Å². The maximum atomic E-state index is 15.2. The third kappa shape index (κ3) is 6.23. The molecule has 8 nitrogen and oxygen atoms in total. The van der Waals surface area contributed by atoms with Gasteiger partial charge < -0.3 is 24.3 Å². The van der Waals surface area contributed by atoms with Crippen LogP contribution in [0.1, 0.15) is 45.2 Å². The van der Waals surface area contributed by atoms with Crippen LogP contribution in [-0.4, -0.2) is 54.3 Å². The van der Waals surface area contributed by atoms with E-state index in [1.54, 1.807) is 23.7 Å². The number of carbonyl (C=O) groups is 2. The van der Waals surface area contributed by atoms with Crippen molar-refractivity contribution in [2.24, 2.45) is 7.05 Å². The molecule has 13 heteroatoms. The number of fused-ring (bicyclic) bond motifs is 1. The maximum absolute atomic E-state index is 15.2. The lowest BCUT2D eigenvalue weighted by Gasteiger charge is -2.38. The van der Waals surface area contributed by atoms with Gasteiger partial charge in [-0.2, -0.15) is 13.2 Å². The van der Waals surface area contributed by atoms with E-state index in [1.165, 1.54) is 6.92 Å². The molecule has 0 spiro atoms. The summed E-state index contributed by atoms with van der Waals surface area (Å²) in [5, 5.41) is 2.39. The Morgan fingerprint density at radius 2 is 1.71 bits per heavy atom. The zero-order valence-corrected chi connectivity index (χ0v) is 25.1. The third-order valence-electron chi connectivity index (χ3n) is 8.47. The summed E-state index contributed by atoms with van der Waals surface area (Å²) in [5.74, 6) is -4.45. The van der Waals surface area contributed by atoms with Crippen molar-refractivity contribution in [1.82, 2.24) is 9.88 Å². The number of benzene rings is 2. The van der Waals surface area contributed by atoms with Gasteiger partial charge in [0, 0.05) is 31.4 Å². The number of alkyl halides is 3. The van der Waals surface area contributed by atoms with Gasteiger partial charge >= 0.3 is 6.18 Å². The number of amides is 1. The van der Waals surface area contributed by atoms with Crippen LogP contribution in [0.3, 0.4) is 0 Å². The van der Waals surface area contributed by atoms with Crippen LogP contribution in [-0.2, 0) is 41.0 Å². The van der Waals surface area contributed by atoms with Crippen LogP contribution in [0.4, 0.5) is 27.6 Å². The summed E-state index contributed by atoms with van der Waals surface area (Å²) in [7, 11) is 1.69. The fourth-order valence-corrected chi connectivity index (χ4v) is 5.95. The van der Waals surface area contributed by atoms with Crippen LogP contribution in [0.2, 0.25) is 0 Å². The maximum Gasteiger partial charge on any atom is 0.411 e. The van der Waals surface area contributed by atoms with E-state index in [-0.39, 0.29) is 44.0 Å². The van der Waals surface area contributed by atoms with Crippen molar-refractivity contribution in [2.75, 3.05) is 24.7 Å². The highest BCUT2D eigenvalue weighted by molar-refractivity contribution is 5.98. The van der Waals surface area contributed by atoms with Crippen LogP contribution in [0.15, 0.2) is 35.1 Å². The Morgan fingerprint density at radius 3 is 2.36 bits per heavy atom. The summed E-state index contributed by atoms with van der Waals surface area (Å²) in [4.78, 5) is 39.7. The van der Waals surface area contributed by atoms with Gasteiger partial charge in [0.25, 0.3) is 11.5 Å². The number of rotatable bonds is 7. The van der Waals surface area contributed by atoms with Crippen molar-refractivity contribution >= 4 is 17.4 Å². The molecule has 0 unspecified atom stereocenters. The van der Waals surface area contributed by atoms with Crippen molar-refractivity contribution < 1.29 is 41.0 Å². The number of carbonyl (C=O) groups excluding carboxylic acids is 2. The molecule has 0 saturated carbocycles. The number of ketones is 1. The van der Waals surface area contributed by atoms with Crippen molar-refractivity contribution in [3.63, 3.8) is 0 Å². The minimum atomic E-state index is -4.71. The molecule has 2 aliphatic heterocycles. The lowest BCUT2D eigenvalue weighted by molar-refractivity contribution is -0.167. The number of hydrogen-bond donors (Lipinski definition) is 1. The second kappa shape index (κ2) is 12.4. The molecular weight excluding hydrogens is 601 g/mol. The van der Waals surface area contributed by atoms with Gasteiger partial charge in [0.1, 0.15) is 23.2 Å². The predicted molar refractivity (Wildman–Crippen MR) is 155 cm³/mol. The van der Waals surface area contributed by atoms with Gasteiger partial charge in [-0.05, 0) is 66.8 Å². The van der Waals surface area contributed by atoms with E-state index in [0.717, 1.165) is 27.3 Å². The highest BCUT2D eigenvalue weighted by Gasteiger charge is 2.46. The average molecular weight is 634 g/mol. The number of morpholine rings is 1. The molecule has 2 atom stereocenters. The van der Waals surface area contributed by atoms with Gasteiger partial charge in [-0.15, -0.1) is 0 Å². The lowest BCUT2D eigenvalue weighted by Crippen LogP contribution is -2.53. The van der Waals surface area contributed by atoms with E-state index in [9.17, 15) is 27.6 Å². The fourth-order valence-electron chi connectivity index (χ4n) is 5.95. The number of aromatic nitrogens is 1. The number of aryl methyl sites for hydroxylation is 2. The largest absolute Gasteiger partial charge is 0.411 e. The van der Waals surface area contributed by atoms with E-state index >= 15 is 8.78 Å². The molecular formula is C32H32F5N3O5. The number of Topliss-reactive ketones (excluding diaryl/α,β-unsaturated/α-hetero) is 1. The number of hydrogen-bond acceptors (Lipinski definition) is 6. The quantitative estimate of drug-likeness (QED) is 0.381. The Bertz CT molecular complexity index is 1710. The standard InChI is InChI=1S/C32H32F5N3O5/c1-16-9-17(2)39(4)31(43)28(16)21-6-5-19(22-13-45-14-23(21)22)10-26(18(3)41)38-30(42)29-24(33)11-20(12-25(29)34)40-7-8-44-15-27(40)32(35,36)37/h5-6,9,11-12,26-27H,7-8,10,13-15H2,1-4H3,(H,38,42)/t26-,27+/m0/s1. The molecule has 0 bridgehead atoms. The van der Waals surface area contributed by atoms with E-state index in [1.807, 2.05) is 19.9 Å². The monoisotopic (exact) mass is 633 g/mol. The Morgan fingerprint density at radius 1 is 1.04 bits per heavy atom. The van der Waals surface area contributed by atoms with Gasteiger partial charge in [-0.25, -0.2) is 8.78 Å². The molecule has 2 aromatic carbocycles. The molecule has 0 radical (unpaired) electrons. The minimum absolute atomic E-state index is 0.0275. The minimum Gasteiger partial charge on any atom is -0.377 e. The van der Waals surface area contributed by atoms with Crippen molar-refractivity contribution in [1.29, 1.82) is 0 Å². The summed E-state index contributed by atoms with van der Waals surface area (Å²) in [6.45, 7) is 4.31. The van der Waals surface area contributed by atoms with E-state index in [0.29, 0.717) is 28.8 Å². The molecule has 240 valence electrons. The Kier molecular flexibility index (Phi) is 8.87. The zero-order chi connectivity index (χ0) is 32.8. The molecule has 1 aromatic heterocycles. The summed E-state index contributed by atoms with van der Waals surface area (Å²) < 4.78 is 83.0. The Balaban J connectivity index is 1.41. The molecule has 0 aliphatic carbocycles. The number of pyridine rings is 1. The molecule has 1 N–H and O–H groups in total. The zero-order valence-electron chi connectivity index (χ0n) is 25.1. The Hall–Kier alpha value is -4.10. The predicted octanol–water partition coefficient (Wildman–Crippen LogP) is 4.68. The number of nitrogens with one attached hydrogen (secondary N) is 1. The van der Waals surface area contributed by atoms with Crippen molar-refractivity contribution in [2.45, 2.75) is 58.7 Å². The van der Waals surface area contributed by atoms with Crippen LogP contribution in [0, 0.1) is 25.5 Å². The van der Waals surface area contributed by atoms with Gasteiger partial charge in [0.05, 0.1) is 38.0 Å². The molecule has 2 aliphatic rings. The van der Waals surface area contributed by atoms with Gasteiger partial charge in [0.2, 0.25) is 0 Å². The third-order valence-corrected chi connectivity index (χ3v) is 8.47. The first-order valence-electron chi connectivity index (χ1n) is 14.3. The Labute approximate surface area is 255 Å². The van der Waals surface area contributed by atoms with Crippen LogP contribution in [0.25, 0.3) is 11.1 Å². The first-order valence-corrected chi connectivity index (χ1v) is 14.3. The average Bonchev–Trinajstić information content (AvgIpc) is 3.46. The molecule has 1 amide bonds.